The van der Waals surface area contributed by atoms with Gasteiger partial charge in [0.05, 0.1) is 12.6 Å². The highest BCUT2D eigenvalue weighted by atomic mass is 19.1. The summed E-state index contributed by atoms with van der Waals surface area (Å²) in [6.45, 7) is 6.19. The van der Waals surface area contributed by atoms with E-state index >= 15 is 0 Å². The average molecular weight is 287 g/mol. The maximum atomic E-state index is 13.8. The average Bonchev–Trinajstić information content (AvgIpc) is 2.47. The molecule has 1 atom stereocenters. The van der Waals surface area contributed by atoms with Crippen molar-refractivity contribution in [1.29, 1.82) is 0 Å². The van der Waals surface area contributed by atoms with Gasteiger partial charge in [-0.05, 0) is 50.6 Å². The highest BCUT2D eigenvalue weighted by Crippen LogP contribution is 2.31. The van der Waals surface area contributed by atoms with Gasteiger partial charge in [-0.3, -0.25) is 0 Å². The van der Waals surface area contributed by atoms with Gasteiger partial charge >= 0.3 is 0 Å². The molecule has 0 radical (unpaired) electrons. The Balaban J connectivity index is 2.50. The van der Waals surface area contributed by atoms with Crippen molar-refractivity contribution in [3.8, 4) is 5.75 Å². The van der Waals surface area contributed by atoms with Gasteiger partial charge in [-0.1, -0.05) is 30.3 Å². The van der Waals surface area contributed by atoms with Gasteiger partial charge in [-0.25, -0.2) is 4.39 Å². The number of para-hydroxylation sites is 1. The molecular formula is C18H22FNO. The van der Waals surface area contributed by atoms with Crippen LogP contribution in [0, 0.1) is 19.7 Å². The second-order valence-corrected chi connectivity index (χ2v) is 5.16. The summed E-state index contributed by atoms with van der Waals surface area (Å²) in [6.07, 6.45) is 0. The molecule has 0 aliphatic heterocycles. The van der Waals surface area contributed by atoms with Crippen LogP contribution in [0.4, 0.5) is 4.39 Å². The van der Waals surface area contributed by atoms with E-state index in [1.807, 2.05) is 50.4 Å². The van der Waals surface area contributed by atoms with E-state index in [2.05, 4.69) is 5.32 Å². The molecule has 0 saturated carbocycles. The molecule has 0 spiro atoms. The maximum Gasteiger partial charge on any atom is 0.129 e. The number of halogens is 1. The molecule has 2 rings (SSSR count). The number of rotatable bonds is 5. The van der Waals surface area contributed by atoms with Crippen LogP contribution < -0.4 is 10.1 Å². The van der Waals surface area contributed by atoms with Gasteiger partial charge in [-0.15, -0.1) is 0 Å². The second-order valence-electron chi connectivity index (χ2n) is 5.16. The predicted octanol–water partition coefficient (Wildman–Crippen LogP) is 4.15. The highest BCUT2D eigenvalue weighted by molar-refractivity contribution is 5.43. The second kappa shape index (κ2) is 6.72. The van der Waals surface area contributed by atoms with E-state index in [1.54, 1.807) is 13.8 Å². The zero-order valence-electron chi connectivity index (χ0n) is 13.0. The minimum absolute atomic E-state index is 0.0225. The van der Waals surface area contributed by atoms with Crippen LogP contribution in [0.15, 0.2) is 36.4 Å². The van der Waals surface area contributed by atoms with Crippen molar-refractivity contribution in [2.45, 2.75) is 26.8 Å². The van der Waals surface area contributed by atoms with Crippen molar-refractivity contribution in [3.05, 3.63) is 64.5 Å². The summed E-state index contributed by atoms with van der Waals surface area (Å²) in [6, 6.07) is 11.7. The molecule has 0 saturated heterocycles. The molecule has 0 aliphatic carbocycles. The smallest absolute Gasteiger partial charge is 0.129 e. The van der Waals surface area contributed by atoms with E-state index in [1.165, 1.54) is 0 Å². The van der Waals surface area contributed by atoms with Gasteiger partial charge in [-0.2, -0.15) is 0 Å². The molecule has 21 heavy (non-hydrogen) atoms. The summed E-state index contributed by atoms with van der Waals surface area (Å²) in [7, 11) is 1.90. The Hall–Kier alpha value is -1.87. The molecule has 2 nitrogen and oxygen atoms in total. The number of ether oxygens (including phenoxy) is 1. The van der Waals surface area contributed by atoms with Crippen molar-refractivity contribution >= 4 is 0 Å². The van der Waals surface area contributed by atoms with Crippen LogP contribution in [0.2, 0.25) is 0 Å². The van der Waals surface area contributed by atoms with E-state index < -0.39 is 0 Å². The predicted molar refractivity (Wildman–Crippen MR) is 84.4 cm³/mol. The molecule has 0 aromatic heterocycles. The van der Waals surface area contributed by atoms with Gasteiger partial charge in [0.1, 0.15) is 11.6 Å². The molecule has 0 fully saturated rings. The van der Waals surface area contributed by atoms with Crippen molar-refractivity contribution in [3.63, 3.8) is 0 Å². The molecule has 1 N–H and O–H groups in total. The van der Waals surface area contributed by atoms with Gasteiger partial charge < -0.3 is 10.1 Å². The molecule has 112 valence electrons. The first kappa shape index (κ1) is 15.5. The molecule has 1 unspecified atom stereocenters. The number of hydrogen-bond donors (Lipinski definition) is 1. The topological polar surface area (TPSA) is 21.3 Å². The van der Waals surface area contributed by atoms with Crippen LogP contribution in [0.5, 0.6) is 5.75 Å². The largest absolute Gasteiger partial charge is 0.494 e. The minimum atomic E-state index is -0.133. The molecule has 2 aromatic rings. The third-order valence-corrected chi connectivity index (χ3v) is 3.61. The summed E-state index contributed by atoms with van der Waals surface area (Å²) in [5.41, 5.74) is 3.44. The van der Waals surface area contributed by atoms with Gasteiger partial charge in [0.15, 0.2) is 0 Å². The third-order valence-electron chi connectivity index (χ3n) is 3.61. The fourth-order valence-corrected chi connectivity index (χ4v) is 2.65. The first-order valence-electron chi connectivity index (χ1n) is 7.24. The van der Waals surface area contributed by atoms with Crippen molar-refractivity contribution in [2.75, 3.05) is 13.7 Å². The van der Waals surface area contributed by atoms with Crippen molar-refractivity contribution in [1.82, 2.24) is 5.32 Å². The third kappa shape index (κ3) is 3.24. The summed E-state index contributed by atoms with van der Waals surface area (Å²) < 4.78 is 19.5. The van der Waals surface area contributed by atoms with Gasteiger partial charge in [0.2, 0.25) is 0 Å². The number of aryl methyl sites for hydroxylation is 2. The monoisotopic (exact) mass is 287 g/mol. The Bertz CT molecular complexity index is 601. The molecule has 0 bridgehead atoms. The lowest BCUT2D eigenvalue weighted by molar-refractivity contribution is 0.334. The first-order chi connectivity index (χ1) is 10.1. The first-order valence-corrected chi connectivity index (χ1v) is 7.24. The lowest BCUT2D eigenvalue weighted by atomic mass is 9.95. The molecule has 0 amide bonds. The maximum absolute atomic E-state index is 13.8. The zero-order chi connectivity index (χ0) is 15.4. The van der Waals surface area contributed by atoms with Crippen molar-refractivity contribution in [2.24, 2.45) is 0 Å². The van der Waals surface area contributed by atoms with E-state index in [9.17, 15) is 4.39 Å². The Kier molecular flexibility index (Phi) is 4.97. The van der Waals surface area contributed by atoms with Gasteiger partial charge in [0, 0.05) is 5.56 Å². The van der Waals surface area contributed by atoms with Crippen molar-refractivity contribution < 1.29 is 9.13 Å². The number of benzene rings is 2. The Morgan fingerprint density at radius 1 is 1.14 bits per heavy atom. The number of nitrogens with one attached hydrogen (secondary N) is 1. The lowest BCUT2D eigenvalue weighted by Gasteiger charge is -2.21. The molecule has 0 aliphatic rings. The van der Waals surface area contributed by atoms with Crippen LogP contribution in [0.1, 0.15) is 35.2 Å². The Labute approximate surface area is 126 Å². The lowest BCUT2D eigenvalue weighted by Crippen LogP contribution is -2.19. The van der Waals surface area contributed by atoms with Crippen LogP contribution in [-0.2, 0) is 0 Å². The van der Waals surface area contributed by atoms with Gasteiger partial charge in [0.25, 0.3) is 0 Å². The molecular weight excluding hydrogens is 265 g/mol. The molecule has 0 heterocycles. The van der Waals surface area contributed by atoms with Crippen LogP contribution >= 0.6 is 0 Å². The van der Waals surface area contributed by atoms with Crippen LogP contribution in [-0.4, -0.2) is 13.7 Å². The van der Waals surface area contributed by atoms with E-state index in [0.29, 0.717) is 17.7 Å². The Morgan fingerprint density at radius 2 is 1.76 bits per heavy atom. The molecule has 3 heteroatoms. The highest BCUT2D eigenvalue weighted by Gasteiger charge is 2.18. The summed E-state index contributed by atoms with van der Waals surface area (Å²) in [5, 5.41) is 3.30. The normalized spacial score (nSPS) is 12.2. The fourth-order valence-electron chi connectivity index (χ4n) is 2.65. The van der Waals surface area contributed by atoms with E-state index in [-0.39, 0.29) is 11.9 Å². The SMILES string of the molecule is CCOc1ccccc1C(NC)c1cc(C)c(F)c(C)c1. The Morgan fingerprint density at radius 3 is 2.33 bits per heavy atom. The molecule has 2 aromatic carbocycles. The summed E-state index contributed by atoms with van der Waals surface area (Å²) in [5.74, 6) is 0.727. The van der Waals surface area contributed by atoms with E-state index in [0.717, 1.165) is 16.9 Å². The van der Waals surface area contributed by atoms with E-state index in [4.69, 9.17) is 4.74 Å². The minimum Gasteiger partial charge on any atom is -0.494 e. The van der Waals surface area contributed by atoms with Crippen LogP contribution in [0.25, 0.3) is 0 Å². The van der Waals surface area contributed by atoms with Crippen LogP contribution in [0.3, 0.4) is 0 Å². The fraction of sp³-hybridized carbons (Fsp3) is 0.333. The zero-order valence-corrected chi connectivity index (χ0v) is 13.0. The summed E-state index contributed by atoms with van der Waals surface area (Å²) >= 11 is 0. The summed E-state index contributed by atoms with van der Waals surface area (Å²) in [4.78, 5) is 0. The number of hydrogen-bond acceptors (Lipinski definition) is 2. The standard InChI is InChI=1S/C18H22FNO/c1-5-21-16-9-7-6-8-15(16)18(20-4)14-10-12(2)17(19)13(3)11-14/h6-11,18,20H,5H2,1-4H3. The quantitative estimate of drug-likeness (QED) is 0.892.